The molecule has 19 heavy (non-hydrogen) atoms. The molecule has 2 aliphatic heterocycles. The Morgan fingerprint density at radius 2 is 1.89 bits per heavy atom. The Balaban J connectivity index is 1.75. The lowest BCUT2D eigenvalue weighted by Gasteiger charge is -2.33. The topological polar surface area (TPSA) is 53.5 Å². The highest BCUT2D eigenvalue weighted by Gasteiger charge is 2.19. The summed E-state index contributed by atoms with van der Waals surface area (Å²) in [6.07, 6.45) is 1.67. The molecule has 2 aliphatic rings. The maximum Gasteiger partial charge on any atom is 0.134 e. The van der Waals surface area contributed by atoms with Crippen molar-refractivity contribution in [2.24, 2.45) is 0 Å². The molecule has 3 heterocycles. The molecular weight excluding hydrogens is 242 g/mol. The van der Waals surface area contributed by atoms with E-state index in [0.717, 1.165) is 57.6 Å². The molecule has 1 N–H and O–H groups in total. The van der Waals surface area contributed by atoms with Crippen molar-refractivity contribution in [2.75, 3.05) is 55.7 Å². The number of rotatable bonds is 2. The summed E-state index contributed by atoms with van der Waals surface area (Å²) in [7, 11) is 0. The van der Waals surface area contributed by atoms with Crippen LogP contribution in [0.2, 0.25) is 0 Å². The maximum absolute atomic E-state index is 5.38. The number of morpholine rings is 1. The monoisotopic (exact) mass is 263 g/mol. The van der Waals surface area contributed by atoms with Crippen LogP contribution in [0.5, 0.6) is 0 Å². The van der Waals surface area contributed by atoms with Gasteiger partial charge in [-0.1, -0.05) is 0 Å². The summed E-state index contributed by atoms with van der Waals surface area (Å²) >= 11 is 0. The summed E-state index contributed by atoms with van der Waals surface area (Å²) in [4.78, 5) is 13.4. The molecular formula is C13H21N5O. The van der Waals surface area contributed by atoms with Crippen LogP contribution in [0.25, 0.3) is 0 Å². The Hall–Kier alpha value is -1.40. The summed E-state index contributed by atoms with van der Waals surface area (Å²) < 4.78 is 5.38. The number of nitrogens with one attached hydrogen (secondary N) is 1. The molecule has 0 spiro atoms. The summed E-state index contributed by atoms with van der Waals surface area (Å²) in [5.41, 5.74) is 0. The Kier molecular flexibility index (Phi) is 3.79. The van der Waals surface area contributed by atoms with Crippen molar-refractivity contribution in [3.8, 4) is 0 Å². The lowest BCUT2D eigenvalue weighted by atomic mass is 10.2. The van der Waals surface area contributed by atoms with E-state index >= 15 is 0 Å². The molecule has 1 atom stereocenters. The van der Waals surface area contributed by atoms with Gasteiger partial charge >= 0.3 is 0 Å². The second kappa shape index (κ2) is 5.71. The zero-order valence-corrected chi connectivity index (χ0v) is 11.4. The first-order valence-corrected chi connectivity index (χ1v) is 6.96. The molecule has 0 radical (unpaired) electrons. The van der Waals surface area contributed by atoms with Gasteiger partial charge in [0.15, 0.2) is 0 Å². The molecule has 3 rings (SSSR count). The third kappa shape index (κ3) is 2.96. The first-order chi connectivity index (χ1) is 9.33. The number of hydrogen-bond acceptors (Lipinski definition) is 6. The highest BCUT2D eigenvalue weighted by atomic mass is 16.5. The Labute approximate surface area is 113 Å². The molecule has 6 heteroatoms. The minimum Gasteiger partial charge on any atom is -0.378 e. The van der Waals surface area contributed by atoms with E-state index in [0.29, 0.717) is 6.04 Å². The smallest absolute Gasteiger partial charge is 0.134 e. The van der Waals surface area contributed by atoms with E-state index < -0.39 is 0 Å². The number of ether oxygens (including phenoxy) is 1. The number of hydrogen-bond donors (Lipinski definition) is 1. The predicted molar refractivity (Wildman–Crippen MR) is 74.7 cm³/mol. The average molecular weight is 263 g/mol. The van der Waals surface area contributed by atoms with Crippen LogP contribution < -0.4 is 15.1 Å². The van der Waals surface area contributed by atoms with Crippen molar-refractivity contribution in [3.05, 3.63) is 12.4 Å². The highest BCUT2D eigenvalue weighted by molar-refractivity contribution is 5.50. The van der Waals surface area contributed by atoms with Crippen molar-refractivity contribution in [2.45, 2.75) is 13.0 Å². The van der Waals surface area contributed by atoms with Crippen molar-refractivity contribution in [1.29, 1.82) is 0 Å². The molecule has 6 nitrogen and oxygen atoms in total. The fourth-order valence-electron chi connectivity index (χ4n) is 2.62. The van der Waals surface area contributed by atoms with Gasteiger partial charge in [0.2, 0.25) is 0 Å². The zero-order valence-electron chi connectivity index (χ0n) is 11.4. The zero-order chi connectivity index (χ0) is 13.1. The molecule has 0 aliphatic carbocycles. The van der Waals surface area contributed by atoms with Crippen molar-refractivity contribution < 1.29 is 4.74 Å². The molecule has 0 bridgehead atoms. The largest absolute Gasteiger partial charge is 0.378 e. The van der Waals surface area contributed by atoms with Gasteiger partial charge in [0.1, 0.15) is 18.0 Å². The second-order valence-corrected chi connectivity index (χ2v) is 5.14. The van der Waals surface area contributed by atoms with Gasteiger partial charge in [0.25, 0.3) is 0 Å². The van der Waals surface area contributed by atoms with Gasteiger partial charge in [-0.25, -0.2) is 9.97 Å². The minimum absolute atomic E-state index is 0.510. The minimum atomic E-state index is 0.510. The van der Waals surface area contributed by atoms with Crippen LogP contribution in [0.3, 0.4) is 0 Å². The highest BCUT2D eigenvalue weighted by Crippen LogP contribution is 2.19. The Bertz CT molecular complexity index is 421. The quantitative estimate of drug-likeness (QED) is 0.817. The molecule has 1 aromatic rings. The molecule has 2 fully saturated rings. The van der Waals surface area contributed by atoms with E-state index in [2.05, 4.69) is 38.1 Å². The lowest BCUT2D eigenvalue weighted by molar-refractivity contribution is 0.122. The van der Waals surface area contributed by atoms with Gasteiger partial charge < -0.3 is 19.9 Å². The van der Waals surface area contributed by atoms with Crippen LogP contribution in [0, 0.1) is 0 Å². The standard InChI is InChI=1S/C13H21N5O/c1-11-9-18(3-2-14-11)13-8-12(15-10-16-13)17-4-6-19-7-5-17/h8,10-11,14H,2-7,9H2,1H3. The normalized spacial score (nSPS) is 24.6. The summed E-state index contributed by atoms with van der Waals surface area (Å²) in [6, 6.07) is 2.61. The van der Waals surface area contributed by atoms with Gasteiger partial charge in [0.05, 0.1) is 13.2 Å². The first-order valence-electron chi connectivity index (χ1n) is 6.96. The van der Waals surface area contributed by atoms with Crippen LogP contribution in [0.15, 0.2) is 12.4 Å². The van der Waals surface area contributed by atoms with E-state index in [1.54, 1.807) is 6.33 Å². The molecule has 104 valence electrons. The summed E-state index contributed by atoms with van der Waals surface area (Å²) in [5.74, 6) is 2.05. The average Bonchev–Trinajstić information content (AvgIpc) is 2.48. The fraction of sp³-hybridized carbons (Fsp3) is 0.692. The number of piperazine rings is 1. The molecule has 1 aromatic heterocycles. The number of anilines is 2. The maximum atomic E-state index is 5.38. The SMILES string of the molecule is CC1CN(c2cc(N3CCOCC3)ncn2)CCN1. The van der Waals surface area contributed by atoms with Crippen LogP contribution in [-0.2, 0) is 4.74 Å². The van der Waals surface area contributed by atoms with E-state index in [9.17, 15) is 0 Å². The summed E-state index contributed by atoms with van der Waals surface area (Å²) in [5, 5.41) is 3.45. The molecule has 0 aromatic carbocycles. The fourth-order valence-corrected chi connectivity index (χ4v) is 2.62. The Morgan fingerprint density at radius 1 is 1.16 bits per heavy atom. The van der Waals surface area contributed by atoms with Crippen molar-refractivity contribution in [3.63, 3.8) is 0 Å². The Morgan fingerprint density at radius 3 is 2.63 bits per heavy atom. The molecule has 1 unspecified atom stereocenters. The van der Waals surface area contributed by atoms with Crippen LogP contribution in [-0.4, -0.2) is 61.9 Å². The van der Waals surface area contributed by atoms with Gasteiger partial charge in [0, 0.05) is 44.8 Å². The van der Waals surface area contributed by atoms with E-state index in [1.807, 2.05) is 0 Å². The first kappa shape index (κ1) is 12.6. The third-order valence-corrected chi connectivity index (χ3v) is 3.67. The van der Waals surface area contributed by atoms with Gasteiger partial charge in [-0.3, -0.25) is 0 Å². The van der Waals surface area contributed by atoms with E-state index in [4.69, 9.17) is 4.74 Å². The number of aromatic nitrogens is 2. The molecule has 0 saturated carbocycles. The van der Waals surface area contributed by atoms with Gasteiger partial charge in [-0.05, 0) is 6.92 Å². The third-order valence-electron chi connectivity index (χ3n) is 3.67. The molecule has 2 saturated heterocycles. The predicted octanol–water partition coefficient (Wildman–Crippen LogP) is 0.111. The van der Waals surface area contributed by atoms with Crippen LogP contribution >= 0.6 is 0 Å². The van der Waals surface area contributed by atoms with Gasteiger partial charge in [-0.2, -0.15) is 0 Å². The van der Waals surface area contributed by atoms with Crippen LogP contribution in [0.4, 0.5) is 11.6 Å². The van der Waals surface area contributed by atoms with E-state index in [1.165, 1.54) is 0 Å². The van der Waals surface area contributed by atoms with Crippen molar-refractivity contribution >= 4 is 11.6 Å². The van der Waals surface area contributed by atoms with E-state index in [-0.39, 0.29) is 0 Å². The van der Waals surface area contributed by atoms with Gasteiger partial charge in [-0.15, -0.1) is 0 Å². The lowest BCUT2D eigenvalue weighted by Crippen LogP contribution is -2.49. The second-order valence-electron chi connectivity index (χ2n) is 5.14. The molecule has 0 amide bonds. The number of nitrogens with zero attached hydrogens (tertiary/aromatic N) is 4. The van der Waals surface area contributed by atoms with Crippen LogP contribution in [0.1, 0.15) is 6.92 Å². The summed E-state index contributed by atoms with van der Waals surface area (Å²) in [6.45, 7) is 8.61. The van der Waals surface area contributed by atoms with Crippen molar-refractivity contribution in [1.82, 2.24) is 15.3 Å².